The zero-order valence-electron chi connectivity index (χ0n) is 11.1. The summed E-state index contributed by atoms with van der Waals surface area (Å²) in [5, 5.41) is 10.7. The highest BCUT2D eigenvalue weighted by Crippen LogP contribution is 2.29. The van der Waals surface area contributed by atoms with Gasteiger partial charge in [0.05, 0.1) is 16.7 Å². The minimum Gasteiger partial charge on any atom is -0.319 e. The second-order valence-electron chi connectivity index (χ2n) is 4.91. The number of benzene rings is 1. The van der Waals surface area contributed by atoms with Gasteiger partial charge >= 0.3 is 6.03 Å². The fraction of sp³-hybridized carbons (Fsp3) is 0.385. The summed E-state index contributed by atoms with van der Waals surface area (Å²) in [6.07, 6.45) is 0.301. The molecule has 1 aromatic rings. The van der Waals surface area contributed by atoms with Crippen LogP contribution in [0.5, 0.6) is 0 Å². The van der Waals surface area contributed by atoms with Gasteiger partial charge in [0.2, 0.25) is 5.91 Å². The fourth-order valence-electron chi connectivity index (χ4n) is 2.58. The molecular weight excluding hydrogens is 294 g/mol. The third-order valence-electron chi connectivity index (χ3n) is 3.64. The van der Waals surface area contributed by atoms with Gasteiger partial charge in [-0.2, -0.15) is 11.8 Å². The number of amides is 3. The number of nitro groups is 1. The topological polar surface area (TPSA) is 83.8 Å². The van der Waals surface area contributed by atoms with Gasteiger partial charge in [-0.05, 0) is 12.1 Å². The molecule has 2 aliphatic rings. The Kier molecular flexibility index (Phi) is 3.54. The van der Waals surface area contributed by atoms with Crippen LogP contribution in [-0.2, 0) is 4.79 Å². The van der Waals surface area contributed by atoms with Gasteiger partial charge in [-0.15, -0.1) is 0 Å². The van der Waals surface area contributed by atoms with Crippen molar-refractivity contribution in [2.75, 3.05) is 23.0 Å². The van der Waals surface area contributed by atoms with Crippen LogP contribution in [0.25, 0.3) is 0 Å². The first kappa shape index (κ1) is 13.9. The van der Waals surface area contributed by atoms with Crippen molar-refractivity contribution in [1.29, 1.82) is 0 Å². The summed E-state index contributed by atoms with van der Waals surface area (Å²) in [6.45, 7) is 0.630. The number of rotatable bonds is 2. The Bertz CT molecular complexity index is 604. The number of nitrogens with zero attached hydrogens (tertiary/aromatic N) is 3. The Hall–Kier alpha value is -2.09. The molecule has 2 fully saturated rings. The molecule has 0 bridgehead atoms. The quantitative estimate of drug-likeness (QED) is 0.615. The Morgan fingerprint density at radius 2 is 1.95 bits per heavy atom. The van der Waals surface area contributed by atoms with Crippen molar-refractivity contribution in [2.24, 2.45) is 0 Å². The predicted molar refractivity (Wildman–Crippen MR) is 78.4 cm³/mol. The van der Waals surface area contributed by atoms with Gasteiger partial charge < -0.3 is 4.90 Å². The van der Waals surface area contributed by atoms with E-state index in [1.807, 2.05) is 0 Å². The molecule has 21 heavy (non-hydrogen) atoms. The molecule has 3 amide bonds. The number of thioether (sulfide) groups is 1. The molecule has 110 valence electrons. The van der Waals surface area contributed by atoms with Crippen molar-refractivity contribution in [3.63, 3.8) is 0 Å². The minimum atomic E-state index is -0.512. The van der Waals surface area contributed by atoms with E-state index in [-0.39, 0.29) is 23.7 Å². The number of carbonyl (C=O) groups excluding carboxylic acids is 2. The van der Waals surface area contributed by atoms with Gasteiger partial charge in [0.15, 0.2) is 0 Å². The van der Waals surface area contributed by atoms with Gasteiger partial charge in [-0.25, -0.2) is 9.69 Å². The first-order valence-corrected chi connectivity index (χ1v) is 7.69. The fourth-order valence-corrected chi connectivity index (χ4v) is 3.64. The van der Waals surface area contributed by atoms with Crippen LogP contribution < -0.4 is 4.90 Å². The number of imide groups is 1. The van der Waals surface area contributed by atoms with Crippen molar-refractivity contribution in [3.8, 4) is 0 Å². The van der Waals surface area contributed by atoms with Crippen LogP contribution in [0.2, 0.25) is 0 Å². The zero-order chi connectivity index (χ0) is 15.0. The Morgan fingerprint density at radius 1 is 1.24 bits per heavy atom. The first-order valence-electron chi connectivity index (χ1n) is 6.53. The van der Waals surface area contributed by atoms with Gasteiger partial charge in [0, 0.05) is 36.6 Å². The van der Waals surface area contributed by atoms with E-state index in [0.29, 0.717) is 18.7 Å². The van der Waals surface area contributed by atoms with E-state index in [0.717, 1.165) is 16.4 Å². The number of nitro benzene ring substituents is 1. The van der Waals surface area contributed by atoms with Crippen molar-refractivity contribution >= 4 is 35.1 Å². The van der Waals surface area contributed by atoms with E-state index in [1.54, 1.807) is 16.7 Å². The molecule has 0 aliphatic carbocycles. The summed E-state index contributed by atoms with van der Waals surface area (Å²) >= 11 is 1.75. The van der Waals surface area contributed by atoms with Crippen molar-refractivity contribution in [2.45, 2.75) is 12.5 Å². The second kappa shape index (κ2) is 5.36. The highest BCUT2D eigenvalue weighted by molar-refractivity contribution is 7.99. The van der Waals surface area contributed by atoms with Crippen LogP contribution in [0.15, 0.2) is 24.3 Å². The maximum atomic E-state index is 12.5. The molecule has 1 aromatic carbocycles. The molecule has 0 N–H and O–H groups in total. The molecule has 0 aromatic heterocycles. The number of urea groups is 1. The zero-order valence-corrected chi connectivity index (χ0v) is 11.9. The van der Waals surface area contributed by atoms with E-state index < -0.39 is 4.92 Å². The molecule has 0 spiro atoms. The maximum Gasteiger partial charge on any atom is 0.331 e. The molecule has 7 nitrogen and oxygen atoms in total. The summed E-state index contributed by atoms with van der Waals surface area (Å²) in [5.74, 6) is 1.40. The SMILES string of the molecule is O=C1CC2CSCCN2C(=O)N1c1ccc([N+](=O)[O-])cc1. The Labute approximate surface area is 125 Å². The van der Waals surface area contributed by atoms with Crippen LogP contribution >= 0.6 is 11.8 Å². The summed E-state index contributed by atoms with van der Waals surface area (Å²) in [6, 6.07) is 5.12. The number of fused-ring (bicyclic) bond motifs is 1. The summed E-state index contributed by atoms with van der Waals surface area (Å²) in [5.41, 5.74) is 0.315. The molecule has 1 atom stereocenters. The maximum absolute atomic E-state index is 12.5. The normalized spacial score (nSPS) is 22.2. The lowest BCUT2D eigenvalue weighted by molar-refractivity contribution is -0.384. The van der Waals surface area contributed by atoms with E-state index in [1.165, 1.54) is 24.3 Å². The number of anilines is 1. The van der Waals surface area contributed by atoms with E-state index in [2.05, 4.69) is 0 Å². The Morgan fingerprint density at radius 3 is 2.62 bits per heavy atom. The lowest BCUT2D eigenvalue weighted by Crippen LogP contribution is -2.59. The third-order valence-corrected chi connectivity index (χ3v) is 4.73. The van der Waals surface area contributed by atoms with Gasteiger partial charge in [-0.3, -0.25) is 14.9 Å². The molecule has 3 rings (SSSR count). The van der Waals surface area contributed by atoms with Crippen LogP contribution in [0.4, 0.5) is 16.2 Å². The van der Waals surface area contributed by atoms with Gasteiger partial charge in [0.1, 0.15) is 0 Å². The van der Waals surface area contributed by atoms with Gasteiger partial charge in [0.25, 0.3) is 5.69 Å². The van der Waals surface area contributed by atoms with Crippen molar-refractivity contribution < 1.29 is 14.5 Å². The van der Waals surface area contributed by atoms with Crippen LogP contribution in [-0.4, -0.2) is 45.9 Å². The largest absolute Gasteiger partial charge is 0.331 e. The standard InChI is InChI=1S/C13H13N3O4S/c17-12-7-11-8-21-6-5-14(11)13(18)15(12)9-1-3-10(4-2-9)16(19)20/h1-4,11H,5-8H2. The first-order chi connectivity index (χ1) is 10.1. The highest BCUT2D eigenvalue weighted by Gasteiger charge is 2.40. The van der Waals surface area contributed by atoms with Crippen molar-refractivity contribution in [3.05, 3.63) is 34.4 Å². The number of hydrogen-bond donors (Lipinski definition) is 0. The average molecular weight is 307 g/mol. The number of non-ortho nitro benzene ring substituents is 1. The predicted octanol–water partition coefficient (Wildman–Crippen LogP) is 1.87. The van der Waals surface area contributed by atoms with Gasteiger partial charge in [-0.1, -0.05) is 0 Å². The molecule has 0 radical (unpaired) electrons. The van der Waals surface area contributed by atoms with E-state index in [4.69, 9.17) is 0 Å². The molecule has 2 aliphatic heterocycles. The van der Waals surface area contributed by atoms with Crippen LogP contribution in [0.3, 0.4) is 0 Å². The lowest BCUT2D eigenvalue weighted by Gasteiger charge is -2.42. The summed E-state index contributed by atoms with van der Waals surface area (Å²) in [4.78, 5) is 37.7. The monoisotopic (exact) mass is 307 g/mol. The third kappa shape index (κ3) is 2.46. The molecule has 0 saturated carbocycles. The minimum absolute atomic E-state index is 0.0296. The molecular formula is C13H13N3O4S. The van der Waals surface area contributed by atoms with Crippen molar-refractivity contribution in [1.82, 2.24) is 4.90 Å². The van der Waals surface area contributed by atoms with Crippen LogP contribution in [0.1, 0.15) is 6.42 Å². The average Bonchev–Trinajstić information content (AvgIpc) is 2.48. The summed E-state index contributed by atoms with van der Waals surface area (Å²) in [7, 11) is 0. The van der Waals surface area contributed by atoms with Crippen LogP contribution in [0, 0.1) is 10.1 Å². The number of carbonyl (C=O) groups is 2. The highest BCUT2D eigenvalue weighted by atomic mass is 32.2. The molecule has 2 saturated heterocycles. The Balaban J connectivity index is 1.88. The summed E-state index contributed by atoms with van der Waals surface area (Å²) < 4.78 is 0. The second-order valence-corrected chi connectivity index (χ2v) is 6.06. The smallest absolute Gasteiger partial charge is 0.319 e. The molecule has 8 heteroatoms. The molecule has 2 heterocycles. The lowest BCUT2D eigenvalue weighted by atomic mass is 10.1. The van der Waals surface area contributed by atoms with E-state index in [9.17, 15) is 19.7 Å². The van der Waals surface area contributed by atoms with E-state index >= 15 is 0 Å². The number of hydrogen-bond acceptors (Lipinski definition) is 5. The molecule has 1 unspecified atom stereocenters.